The minimum Gasteiger partial charge on any atom is -0.352 e. The highest BCUT2D eigenvalue weighted by Crippen LogP contribution is 2.08. The first-order valence-corrected chi connectivity index (χ1v) is 5.59. The van der Waals surface area contributed by atoms with Crippen LogP contribution in [0.3, 0.4) is 0 Å². The van der Waals surface area contributed by atoms with E-state index >= 15 is 0 Å². The third kappa shape index (κ3) is 3.66. The lowest BCUT2D eigenvalue weighted by atomic mass is 10.1. The number of aryl methyl sites for hydroxylation is 2. The van der Waals surface area contributed by atoms with Crippen molar-refractivity contribution in [3.8, 4) is 0 Å². The molecule has 0 bridgehead atoms. The van der Waals surface area contributed by atoms with Gasteiger partial charge in [-0.3, -0.25) is 4.79 Å². The van der Waals surface area contributed by atoms with Crippen LogP contribution in [0.5, 0.6) is 0 Å². The molecule has 1 aromatic carbocycles. The SMILES string of the molecule is Cc1cc(C)cc(C(=O)NCC(C)CN)c1. The van der Waals surface area contributed by atoms with Crippen molar-refractivity contribution in [1.29, 1.82) is 0 Å². The van der Waals surface area contributed by atoms with E-state index in [0.717, 1.165) is 16.7 Å². The zero-order valence-corrected chi connectivity index (χ0v) is 10.2. The monoisotopic (exact) mass is 220 g/mol. The molecule has 0 aliphatic rings. The molecule has 88 valence electrons. The number of nitrogens with two attached hydrogens (primary N) is 1. The average molecular weight is 220 g/mol. The molecule has 3 nitrogen and oxygen atoms in total. The van der Waals surface area contributed by atoms with Crippen LogP contribution in [0, 0.1) is 19.8 Å². The maximum Gasteiger partial charge on any atom is 0.251 e. The lowest BCUT2D eigenvalue weighted by Crippen LogP contribution is -2.31. The topological polar surface area (TPSA) is 55.1 Å². The first-order valence-electron chi connectivity index (χ1n) is 5.59. The molecule has 0 spiro atoms. The summed E-state index contributed by atoms with van der Waals surface area (Å²) in [6, 6.07) is 5.85. The number of rotatable bonds is 4. The predicted octanol–water partition coefficient (Wildman–Crippen LogP) is 1.63. The number of amides is 1. The van der Waals surface area contributed by atoms with Crippen molar-refractivity contribution < 1.29 is 4.79 Å². The molecule has 1 aromatic rings. The van der Waals surface area contributed by atoms with Gasteiger partial charge in [0, 0.05) is 12.1 Å². The van der Waals surface area contributed by atoms with Crippen LogP contribution in [0.4, 0.5) is 0 Å². The molecule has 3 N–H and O–H groups in total. The van der Waals surface area contributed by atoms with Crippen LogP contribution in [0.2, 0.25) is 0 Å². The van der Waals surface area contributed by atoms with Gasteiger partial charge in [0.25, 0.3) is 5.91 Å². The van der Waals surface area contributed by atoms with E-state index in [1.807, 2.05) is 32.9 Å². The van der Waals surface area contributed by atoms with Gasteiger partial charge in [0.2, 0.25) is 0 Å². The Balaban J connectivity index is 2.66. The van der Waals surface area contributed by atoms with E-state index in [4.69, 9.17) is 5.73 Å². The fourth-order valence-corrected chi connectivity index (χ4v) is 1.56. The van der Waals surface area contributed by atoms with Gasteiger partial charge in [-0.2, -0.15) is 0 Å². The summed E-state index contributed by atoms with van der Waals surface area (Å²) in [7, 11) is 0. The van der Waals surface area contributed by atoms with Crippen LogP contribution in [-0.4, -0.2) is 19.0 Å². The van der Waals surface area contributed by atoms with E-state index in [2.05, 4.69) is 11.4 Å². The number of benzene rings is 1. The molecular weight excluding hydrogens is 200 g/mol. The van der Waals surface area contributed by atoms with Crippen LogP contribution in [-0.2, 0) is 0 Å². The lowest BCUT2D eigenvalue weighted by molar-refractivity contribution is 0.0948. The van der Waals surface area contributed by atoms with Gasteiger partial charge in [0.1, 0.15) is 0 Å². The molecule has 1 rings (SSSR count). The van der Waals surface area contributed by atoms with Crippen LogP contribution < -0.4 is 11.1 Å². The number of hydrogen-bond donors (Lipinski definition) is 2. The van der Waals surface area contributed by atoms with Crippen molar-refractivity contribution in [2.24, 2.45) is 11.7 Å². The highest BCUT2D eigenvalue weighted by molar-refractivity contribution is 5.94. The van der Waals surface area contributed by atoms with Gasteiger partial charge in [0.05, 0.1) is 0 Å². The van der Waals surface area contributed by atoms with E-state index < -0.39 is 0 Å². The Hall–Kier alpha value is -1.35. The highest BCUT2D eigenvalue weighted by atomic mass is 16.1. The molecule has 0 saturated heterocycles. The molecule has 1 unspecified atom stereocenters. The summed E-state index contributed by atoms with van der Waals surface area (Å²) in [5.41, 5.74) is 8.43. The van der Waals surface area contributed by atoms with Crippen molar-refractivity contribution in [3.05, 3.63) is 34.9 Å². The summed E-state index contributed by atoms with van der Waals surface area (Å²) in [6.45, 7) is 7.22. The van der Waals surface area contributed by atoms with E-state index in [1.165, 1.54) is 0 Å². The molecule has 3 heteroatoms. The number of hydrogen-bond acceptors (Lipinski definition) is 2. The Morgan fingerprint density at radius 3 is 2.38 bits per heavy atom. The number of carbonyl (C=O) groups excluding carboxylic acids is 1. The predicted molar refractivity (Wildman–Crippen MR) is 66.5 cm³/mol. The molecule has 0 aliphatic heterocycles. The molecule has 16 heavy (non-hydrogen) atoms. The second-order valence-corrected chi connectivity index (χ2v) is 4.43. The minimum absolute atomic E-state index is 0.0212. The summed E-state index contributed by atoms with van der Waals surface area (Å²) in [5.74, 6) is 0.293. The maximum atomic E-state index is 11.8. The molecule has 0 heterocycles. The fraction of sp³-hybridized carbons (Fsp3) is 0.462. The molecule has 0 radical (unpaired) electrons. The van der Waals surface area contributed by atoms with Crippen molar-refractivity contribution in [3.63, 3.8) is 0 Å². The van der Waals surface area contributed by atoms with E-state index in [0.29, 0.717) is 19.0 Å². The Labute approximate surface area is 97.0 Å². The molecule has 0 fully saturated rings. The van der Waals surface area contributed by atoms with Gasteiger partial charge >= 0.3 is 0 Å². The first kappa shape index (κ1) is 12.7. The number of nitrogens with one attached hydrogen (secondary N) is 1. The summed E-state index contributed by atoms with van der Waals surface area (Å²) in [5, 5.41) is 2.89. The Morgan fingerprint density at radius 1 is 1.31 bits per heavy atom. The molecule has 1 amide bonds. The van der Waals surface area contributed by atoms with Crippen LogP contribution in [0.25, 0.3) is 0 Å². The van der Waals surface area contributed by atoms with Gasteiger partial charge in [-0.15, -0.1) is 0 Å². The van der Waals surface area contributed by atoms with Crippen LogP contribution in [0.1, 0.15) is 28.4 Å². The second kappa shape index (κ2) is 5.66. The van der Waals surface area contributed by atoms with Gasteiger partial charge in [-0.05, 0) is 38.4 Å². The zero-order valence-electron chi connectivity index (χ0n) is 10.2. The normalized spacial score (nSPS) is 12.2. The third-order valence-corrected chi connectivity index (χ3v) is 2.50. The minimum atomic E-state index is -0.0212. The highest BCUT2D eigenvalue weighted by Gasteiger charge is 2.07. The van der Waals surface area contributed by atoms with Crippen LogP contribution >= 0.6 is 0 Å². The molecule has 0 saturated carbocycles. The third-order valence-electron chi connectivity index (χ3n) is 2.50. The van der Waals surface area contributed by atoms with Crippen molar-refractivity contribution in [2.75, 3.05) is 13.1 Å². The van der Waals surface area contributed by atoms with E-state index in [1.54, 1.807) is 0 Å². The second-order valence-electron chi connectivity index (χ2n) is 4.43. The molecule has 1 atom stereocenters. The summed E-state index contributed by atoms with van der Waals surface area (Å²) in [4.78, 5) is 11.8. The molecule has 0 aromatic heterocycles. The summed E-state index contributed by atoms with van der Waals surface area (Å²) < 4.78 is 0. The zero-order chi connectivity index (χ0) is 12.1. The smallest absolute Gasteiger partial charge is 0.251 e. The fourth-order valence-electron chi connectivity index (χ4n) is 1.56. The van der Waals surface area contributed by atoms with Gasteiger partial charge in [-0.25, -0.2) is 0 Å². The molecular formula is C13H20N2O. The summed E-state index contributed by atoms with van der Waals surface area (Å²) >= 11 is 0. The lowest BCUT2D eigenvalue weighted by Gasteiger charge is -2.10. The molecule has 0 aliphatic carbocycles. The standard InChI is InChI=1S/C13H20N2O/c1-9-4-10(2)6-12(5-9)13(16)15-8-11(3)7-14/h4-6,11H,7-8,14H2,1-3H3,(H,15,16). The van der Waals surface area contributed by atoms with Crippen molar-refractivity contribution >= 4 is 5.91 Å². The Bertz CT molecular complexity index is 354. The van der Waals surface area contributed by atoms with E-state index in [-0.39, 0.29) is 5.91 Å². The van der Waals surface area contributed by atoms with Gasteiger partial charge in [-0.1, -0.05) is 24.1 Å². The van der Waals surface area contributed by atoms with Crippen LogP contribution in [0.15, 0.2) is 18.2 Å². The maximum absolute atomic E-state index is 11.8. The Morgan fingerprint density at radius 2 is 1.88 bits per heavy atom. The first-order chi connectivity index (χ1) is 7.52. The van der Waals surface area contributed by atoms with Gasteiger partial charge < -0.3 is 11.1 Å². The van der Waals surface area contributed by atoms with Gasteiger partial charge in [0.15, 0.2) is 0 Å². The Kier molecular flexibility index (Phi) is 4.50. The average Bonchev–Trinajstić information content (AvgIpc) is 2.23. The quantitative estimate of drug-likeness (QED) is 0.810. The van der Waals surface area contributed by atoms with Crippen molar-refractivity contribution in [1.82, 2.24) is 5.32 Å². The van der Waals surface area contributed by atoms with Crippen molar-refractivity contribution in [2.45, 2.75) is 20.8 Å². The van der Waals surface area contributed by atoms with E-state index in [9.17, 15) is 4.79 Å². The largest absolute Gasteiger partial charge is 0.352 e. The number of carbonyl (C=O) groups is 1. The summed E-state index contributed by atoms with van der Waals surface area (Å²) in [6.07, 6.45) is 0.